The van der Waals surface area contributed by atoms with Crippen molar-refractivity contribution in [2.75, 3.05) is 7.11 Å². The van der Waals surface area contributed by atoms with Crippen molar-refractivity contribution in [3.05, 3.63) is 44.7 Å². The van der Waals surface area contributed by atoms with E-state index in [4.69, 9.17) is 4.74 Å². The summed E-state index contributed by atoms with van der Waals surface area (Å²) in [5.41, 5.74) is -2.87. The number of nitrogens with zero attached hydrogens (tertiary/aromatic N) is 2. The highest BCUT2D eigenvalue weighted by Crippen LogP contribution is 2.28. The van der Waals surface area contributed by atoms with Crippen molar-refractivity contribution in [2.45, 2.75) is 6.18 Å². The molecule has 6 nitrogen and oxygen atoms in total. The van der Waals surface area contributed by atoms with E-state index in [1.165, 1.54) is 20.4 Å². The molecule has 0 radical (unpaired) electrons. The van der Waals surface area contributed by atoms with Gasteiger partial charge in [0.1, 0.15) is 5.69 Å². The van der Waals surface area contributed by atoms with E-state index in [1.54, 1.807) is 4.98 Å². The van der Waals surface area contributed by atoms with Crippen LogP contribution in [-0.4, -0.2) is 21.9 Å². The fraction of sp³-hybridized carbons (Fsp3) is 0.250. The van der Waals surface area contributed by atoms with Crippen LogP contribution in [0.15, 0.2) is 27.9 Å². The second-order valence-corrected chi connectivity index (χ2v) is 4.13. The average molecular weight is 301 g/mol. The Hall–Kier alpha value is -2.58. The number of hydrogen-bond donors (Lipinski definition) is 1. The molecular weight excluding hydrogens is 291 g/mol. The number of methoxy groups -OCH3 is 1. The summed E-state index contributed by atoms with van der Waals surface area (Å²) in [6.45, 7) is 0. The number of rotatable bonds is 2. The second kappa shape index (κ2) is 5.08. The number of hydrogen-bond acceptors (Lipinski definition) is 4. The Morgan fingerprint density at radius 2 is 1.90 bits per heavy atom. The van der Waals surface area contributed by atoms with Crippen molar-refractivity contribution in [1.82, 2.24) is 14.8 Å². The smallest absolute Gasteiger partial charge is 0.431 e. The normalized spacial score (nSPS) is 11.5. The van der Waals surface area contributed by atoms with Crippen LogP contribution in [-0.2, 0) is 13.2 Å². The van der Waals surface area contributed by atoms with E-state index in [2.05, 4.69) is 5.10 Å². The molecule has 0 aliphatic carbocycles. The molecule has 0 aliphatic heterocycles. The number of aromatic nitrogens is 3. The van der Waals surface area contributed by atoms with Gasteiger partial charge >= 0.3 is 11.7 Å². The highest BCUT2D eigenvalue weighted by molar-refractivity contribution is 5.68. The second-order valence-electron chi connectivity index (χ2n) is 4.13. The summed E-state index contributed by atoms with van der Waals surface area (Å²) in [5.74, 6) is -0.169. The molecule has 1 N–H and O–H groups in total. The quantitative estimate of drug-likeness (QED) is 0.903. The third-order valence-electron chi connectivity index (χ3n) is 2.80. The van der Waals surface area contributed by atoms with Crippen LogP contribution in [0.5, 0.6) is 5.75 Å². The van der Waals surface area contributed by atoms with Gasteiger partial charge < -0.3 is 9.72 Å². The Morgan fingerprint density at radius 3 is 2.43 bits per heavy atom. The molecule has 0 spiro atoms. The fourth-order valence-electron chi connectivity index (χ4n) is 1.76. The SMILES string of the molecule is COc1c(-c2ccc(C(F)(F)F)[nH]c2=O)cnn(C)c1=O. The van der Waals surface area contributed by atoms with Crippen LogP contribution in [0.25, 0.3) is 11.1 Å². The molecular formula is C12H10F3N3O3. The van der Waals surface area contributed by atoms with Gasteiger partial charge in [0.25, 0.3) is 5.56 Å². The minimum atomic E-state index is -4.66. The maximum absolute atomic E-state index is 12.5. The zero-order chi connectivity index (χ0) is 15.8. The Morgan fingerprint density at radius 1 is 1.24 bits per heavy atom. The first-order valence-electron chi connectivity index (χ1n) is 5.67. The number of aromatic amines is 1. The molecule has 0 aromatic carbocycles. The molecule has 2 rings (SSSR count). The van der Waals surface area contributed by atoms with E-state index in [0.29, 0.717) is 6.07 Å². The Balaban J connectivity index is 2.67. The first-order chi connectivity index (χ1) is 9.75. The topological polar surface area (TPSA) is 77.0 Å². The van der Waals surface area contributed by atoms with Gasteiger partial charge in [-0.2, -0.15) is 18.3 Å². The molecule has 112 valence electrons. The van der Waals surface area contributed by atoms with Gasteiger partial charge in [0.05, 0.1) is 24.4 Å². The Labute approximate surface area is 115 Å². The maximum atomic E-state index is 12.5. The van der Waals surface area contributed by atoms with Gasteiger partial charge in [-0.15, -0.1) is 0 Å². The molecule has 2 aromatic rings. The lowest BCUT2D eigenvalue weighted by Gasteiger charge is -2.10. The van der Waals surface area contributed by atoms with E-state index in [9.17, 15) is 22.8 Å². The third kappa shape index (κ3) is 2.67. The molecule has 2 heterocycles. The van der Waals surface area contributed by atoms with Crippen molar-refractivity contribution in [2.24, 2.45) is 7.05 Å². The molecule has 0 amide bonds. The van der Waals surface area contributed by atoms with Crippen LogP contribution in [0.1, 0.15) is 5.69 Å². The summed E-state index contributed by atoms with van der Waals surface area (Å²) in [6, 6.07) is 1.69. The Bertz CT molecular complexity index is 793. The molecule has 0 saturated carbocycles. The van der Waals surface area contributed by atoms with E-state index in [1.807, 2.05) is 0 Å². The zero-order valence-corrected chi connectivity index (χ0v) is 11.0. The van der Waals surface area contributed by atoms with Crippen molar-refractivity contribution in [3.63, 3.8) is 0 Å². The molecule has 0 bridgehead atoms. The number of H-pyrrole nitrogens is 1. The molecule has 0 aliphatic rings. The zero-order valence-electron chi connectivity index (χ0n) is 11.0. The maximum Gasteiger partial charge on any atom is 0.431 e. The number of aryl methyl sites for hydroxylation is 1. The van der Waals surface area contributed by atoms with E-state index in [0.717, 1.165) is 10.7 Å². The van der Waals surface area contributed by atoms with Gasteiger partial charge in [-0.1, -0.05) is 0 Å². The monoisotopic (exact) mass is 301 g/mol. The molecule has 2 aromatic heterocycles. The van der Waals surface area contributed by atoms with Gasteiger partial charge in [0.2, 0.25) is 0 Å². The van der Waals surface area contributed by atoms with E-state index < -0.39 is 23.0 Å². The lowest BCUT2D eigenvalue weighted by Crippen LogP contribution is -2.23. The lowest BCUT2D eigenvalue weighted by molar-refractivity contribution is -0.141. The molecule has 9 heteroatoms. The summed E-state index contributed by atoms with van der Waals surface area (Å²) in [7, 11) is 2.60. The first-order valence-corrected chi connectivity index (χ1v) is 5.67. The average Bonchev–Trinajstić information content (AvgIpc) is 2.41. The molecule has 0 fully saturated rings. The number of pyridine rings is 1. The number of halogens is 3. The van der Waals surface area contributed by atoms with Gasteiger partial charge in [-0.3, -0.25) is 9.59 Å². The van der Waals surface area contributed by atoms with Crippen molar-refractivity contribution >= 4 is 0 Å². The Kier molecular flexibility index (Phi) is 3.58. The fourth-order valence-corrected chi connectivity index (χ4v) is 1.76. The minimum absolute atomic E-state index is 0.0237. The summed E-state index contributed by atoms with van der Waals surface area (Å²) in [4.78, 5) is 25.3. The van der Waals surface area contributed by atoms with Crippen LogP contribution in [0, 0.1) is 0 Å². The van der Waals surface area contributed by atoms with Gasteiger partial charge in [0.15, 0.2) is 5.75 Å². The highest BCUT2D eigenvalue weighted by atomic mass is 19.4. The molecule has 0 saturated heterocycles. The molecule has 0 unspecified atom stereocenters. The van der Waals surface area contributed by atoms with E-state index in [-0.39, 0.29) is 16.9 Å². The van der Waals surface area contributed by atoms with Gasteiger partial charge in [0, 0.05) is 7.05 Å². The van der Waals surface area contributed by atoms with Crippen molar-refractivity contribution in [1.29, 1.82) is 0 Å². The highest BCUT2D eigenvalue weighted by Gasteiger charge is 2.32. The van der Waals surface area contributed by atoms with E-state index >= 15 is 0 Å². The van der Waals surface area contributed by atoms with Crippen LogP contribution in [0.2, 0.25) is 0 Å². The van der Waals surface area contributed by atoms with Gasteiger partial charge in [-0.05, 0) is 12.1 Å². The number of nitrogens with one attached hydrogen (secondary N) is 1. The largest absolute Gasteiger partial charge is 0.491 e. The minimum Gasteiger partial charge on any atom is -0.491 e. The van der Waals surface area contributed by atoms with Gasteiger partial charge in [-0.25, -0.2) is 4.68 Å². The third-order valence-corrected chi connectivity index (χ3v) is 2.80. The molecule has 0 atom stereocenters. The van der Waals surface area contributed by atoms with Crippen LogP contribution >= 0.6 is 0 Å². The van der Waals surface area contributed by atoms with Crippen LogP contribution in [0.3, 0.4) is 0 Å². The lowest BCUT2D eigenvalue weighted by atomic mass is 10.1. The van der Waals surface area contributed by atoms with Crippen molar-refractivity contribution in [3.8, 4) is 16.9 Å². The standard InChI is InChI=1S/C12H10F3N3O3/c1-18-11(20)9(21-2)7(5-16-18)6-3-4-8(12(13,14)15)17-10(6)19/h3-5H,1-2H3,(H,17,19). The first kappa shape index (κ1) is 14.8. The molecule has 21 heavy (non-hydrogen) atoms. The summed E-state index contributed by atoms with van der Waals surface area (Å²) >= 11 is 0. The number of alkyl halides is 3. The van der Waals surface area contributed by atoms with Crippen LogP contribution < -0.4 is 15.9 Å². The van der Waals surface area contributed by atoms with Crippen molar-refractivity contribution < 1.29 is 17.9 Å². The summed E-state index contributed by atoms with van der Waals surface area (Å²) in [6.07, 6.45) is -3.48. The predicted octanol–water partition coefficient (Wildman–Crippen LogP) is 1.16. The number of ether oxygens (including phenoxy) is 1. The van der Waals surface area contributed by atoms with Crippen LogP contribution in [0.4, 0.5) is 13.2 Å². The summed E-state index contributed by atoms with van der Waals surface area (Å²) in [5, 5.41) is 3.73. The predicted molar refractivity (Wildman–Crippen MR) is 67.1 cm³/mol. The summed E-state index contributed by atoms with van der Waals surface area (Å²) < 4.78 is 43.4.